The van der Waals surface area contributed by atoms with E-state index in [1.54, 1.807) is 0 Å². The molecule has 0 heteroatoms. The molecule has 0 aromatic heterocycles. The second-order valence-corrected chi connectivity index (χ2v) is 2.88. The average molecular weight is 160 g/mol. The minimum atomic E-state index is 1.06. The summed E-state index contributed by atoms with van der Waals surface area (Å²) >= 11 is 0. The van der Waals surface area contributed by atoms with Crippen LogP contribution in [0.25, 0.3) is 0 Å². The first-order valence-corrected chi connectivity index (χ1v) is 4.63. The average Bonchev–Trinajstić information content (AvgIpc) is 2.05. The van der Waals surface area contributed by atoms with Crippen LogP contribution in [0, 0.1) is 0 Å². The van der Waals surface area contributed by atoms with Gasteiger partial charge in [-0.25, -0.2) is 0 Å². The van der Waals surface area contributed by atoms with Gasteiger partial charge in [-0.15, -0.1) is 0 Å². The van der Waals surface area contributed by atoms with Gasteiger partial charge in [-0.1, -0.05) is 48.6 Å². The molecule has 0 aromatic carbocycles. The number of rotatable bonds is 0. The lowest BCUT2D eigenvalue weighted by Gasteiger charge is -1.90. The molecule has 1 aliphatic carbocycles. The lowest BCUT2D eigenvalue weighted by Crippen LogP contribution is -1.69. The zero-order valence-corrected chi connectivity index (χ0v) is 7.45. The lowest BCUT2D eigenvalue weighted by atomic mass is 10.2. The fourth-order valence-electron chi connectivity index (χ4n) is 1.11. The molecule has 0 unspecified atom stereocenters. The molecule has 0 amide bonds. The minimum Gasteiger partial charge on any atom is -0.0882 e. The first-order chi connectivity index (χ1) is 6.00. The zero-order chi connectivity index (χ0) is 8.49. The highest BCUT2D eigenvalue weighted by molar-refractivity contribution is 5.12. The molecule has 0 spiro atoms. The monoisotopic (exact) mass is 160 g/mol. The molecule has 0 N–H and O–H groups in total. The molecule has 0 saturated heterocycles. The van der Waals surface area contributed by atoms with E-state index >= 15 is 0 Å². The molecule has 0 bridgehead atoms. The highest BCUT2D eigenvalue weighted by Gasteiger charge is 1.80. The molecule has 0 radical (unpaired) electrons. The van der Waals surface area contributed by atoms with Crippen molar-refractivity contribution < 1.29 is 0 Å². The number of hydrogen-bond acceptors (Lipinski definition) is 0. The van der Waals surface area contributed by atoms with Crippen LogP contribution in [0.4, 0.5) is 0 Å². The van der Waals surface area contributed by atoms with Gasteiger partial charge in [-0.05, 0) is 25.7 Å². The zero-order valence-electron chi connectivity index (χ0n) is 7.45. The van der Waals surface area contributed by atoms with Gasteiger partial charge < -0.3 is 0 Å². The fourth-order valence-corrected chi connectivity index (χ4v) is 1.11. The van der Waals surface area contributed by atoms with Crippen molar-refractivity contribution in [2.75, 3.05) is 0 Å². The normalized spacial score (nSPS) is 21.3. The molecule has 64 valence electrons. The highest BCUT2D eigenvalue weighted by Crippen LogP contribution is 2.00. The maximum atomic E-state index is 2.27. The van der Waals surface area contributed by atoms with Gasteiger partial charge in [-0.2, -0.15) is 0 Å². The minimum absolute atomic E-state index is 1.06. The summed E-state index contributed by atoms with van der Waals surface area (Å²) in [6.07, 6.45) is 22.0. The summed E-state index contributed by atoms with van der Waals surface area (Å²) in [4.78, 5) is 0. The summed E-state index contributed by atoms with van der Waals surface area (Å²) in [6, 6.07) is 0. The van der Waals surface area contributed by atoms with E-state index in [4.69, 9.17) is 0 Å². The van der Waals surface area contributed by atoms with Gasteiger partial charge >= 0.3 is 0 Å². The Morgan fingerprint density at radius 1 is 0.583 bits per heavy atom. The first-order valence-electron chi connectivity index (χ1n) is 4.63. The Morgan fingerprint density at radius 3 is 2.25 bits per heavy atom. The smallest absolute Gasteiger partial charge is 0.0166 e. The summed E-state index contributed by atoms with van der Waals surface area (Å²) < 4.78 is 0. The molecule has 1 rings (SSSR count). The van der Waals surface area contributed by atoms with E-state index in [1.807, 2.05) is 0 Å². The van der Waals surface area contributed by atoms with Crippen LogP contribution in [0.2, 0.25) is 0 Å². The largest absolute Gasteiger partial charge is 0.0882 e. The van der Waals surface area contributed by atoms with Crippen LogP contribution in [0.1, 0.15) is 25.7 Å². The quantitative estimate of drug-likeness (QED) is 0.473. The van der Waals surface area contributed by atoms with Crippen LogP contribution in [0.3, 0.4) is 0 Å². The number of hydrogen-bond donors (Lipinski definition) is 0. The van der Waals surface area contributed by atoms with Crippen LogP contribution >= 0.6 is 0 Å². The molecular weight excluding hydrogens is 144 g/mol. The van der Waals surface area contributed by atoms with Crippen molar-refractivity contribution in [3.63, 3.8) is 0 Å². The van der Waals surface area contributed by atoms with Crippen molar-refractivity contribution in [1.82, 2.24) is 0 Å². The lowest BCUT2D eigenvalue weighted by molar-refractivity contribution is 0.866. The third kappa shape index (κ3) is 4.73. The molecule has 0 aromatic rings. The molecule has 0 aliphatic heterocycles. The van der Waals surface area contributed by atoms with Crippen molar-refractivity contribution in [3.05, 3.63) is 48.6 Å². The Labute approximate surface area is 75.0 Å². The van der Waals surface area contributed by atoms with Gasteiger partial charge in [0.15, 0.2) is 0 Å². The van der Waals surface area contributed by atoms with Crippen LogP contribution in [0.5, 0.6) is 0 Å². The topological polar surface area (TPSA) is 0 Å². The molecule has 1 aliphatic rings. The molecule has 0 atom stereocenters. The Hall–Kier alpha value is -1.04. The van der Waals surface area contributed by atoms with Gasteiger partial charge in [0.2, 0.25) is 0 Å². The van der Waals surface area contributed by atoms with E-state index in [0.717, 1.165) is 6.42 Å². The van der Waals surface area contributed by atoms with Gasteiger partial charge in [0.1, 0.15) is 0 Å². The van der Waals surface area contributed by atoms with Crippen molar-refractivity contribution in [1.29, 1.82) is 0 Å². The van der Waals surface area contributed by atoms with Crippen LogP contribution in [0.15, 0.2) is 48.6 Å². The van der Waals surface area contributed by atoms with Gasteiger partial charge in [0.05, 0.1) is 0 Å². The standard InChI is InChI=1S/C12H16/c1-2-4-6-8-10-12-11-9-7-5-3-1/h1-6,9,11H,7-8,10,12H2/b2-1-,5-3?,6-4?,11-9?. The Kier molecular flexibility index (Phi) is 5.02. The van der Waals surface area contributed by atoms with Crippen molar-refractivity contribution in [2.24, 2.45) is 0 Å². The van der Waals surface area contributed by atoms with Crippen LogP contribution in [-0.2, 0) is 0 Å². The van der Waals surface area contributed by atoms with Crippen LogP contribution < -0.4 is 0 Å². The predicted molar refractivity (Wildman–Crippen MR) is 55.0 cm³/mol. The second kappa shape index (κ2) is 6.66. The van der Waals surface area contributed by atoms with E-state index < -0.39 is 0 Å². The fraction of sp³-hybridized carbons (Fsp3) is 0.333. The molecule has 0 saturated carbocycles. The highest BCUT2D eigenvalue weighted by atomic mass is 13.9. The molecule has 12 heavy (non-hydrogen) atoms. The predicted octanol–water partition coefficient (Wildman–Crippen LogP) is 3.79. The molecule has 0 nitrogen and oxygen atoms in total. The van der Waals surface area contributed by atoms with Gasteiger partial charge in [0.25, 0.3) is 0 Å². The Balaban J connectivity index is 2.42. The van der Waals surface area contributed by atoms with E-state index in [2.05, 4.69) is 48.6 Å². The molecule has 0 fully saturated rings. The summed E-state index contributed by atoms with van der Waals surface area (Å²) in [5, 5.41) is 0. The van der Waals surface area contributed by atoms with E-state index in [-0.39, 0.29) is 0 Å². The van der Waals surface area contributed by atoms with Gasteiger partial charge in [0, 0.05) is 0 Å². The maximum absolute atomic E-state index is 2.27. The Morgan fingerprint density at radius 2 is 1.33 bits per heavy atom. The third-order valence-corrected chi connectivity index (χ3v) is 1.79. The van der Waals surface area contributed by atoms with Crippen LogP contribution in [-0.4, -0.2) is 0 Å². The van der Waals surface area contributed by atoms with Crippen molar-refractivity contribution in [2.45, 2.75) is 25.7 Å². The first kappa shape index (κ1) is 9.05. The summed E-state index contributed by atoms with van der Waals surface area (Å²) in [7, 11) is 0. The summed E-state index contributed by atoms with van der Waals surface area (Å²) in [5.41, 5.74) is 0. The second-order valence-electron chi connectivity index (χ2n) is 2.88. The number of allylic oxidation sites excluding steroid dienone is 8. The molecular formula is C12H16. The van der Waals surface area contributed by atoms with Crippen molar-refractivity contribution in [3.8, 4) is 0 Å². The summed E-state index contributed by atoms with van der Waals surface area (Å²) in [5.74, 6) is 0. The summed E-state index contributed by atoms with van der Waals surface area (Å²) in [6.45, 7) is 0. The maximum Gasteiger partial charge on any atom is -0.0166 e. The molecule has 0 heterocycles. The van der Waals surface area contributed by atoms with Gasteiger partial charge in [-0.3, -0.25) is 0 Å². The van der Waals surface area contributed by atoms with E-state index in [9.17, 15) is 0 Å². The van der Waals surface area contributed by atoms with E-state index in [0.29, 0.717) is 0 Å². The van der Waals surface area contributed by atoms with E-state index in [1.165, 1.54) is 19.3 Å². The Bertz CT molecular complexity index is 204. The SMILES string of the molecule is C1=CCC=CCCCC=C/C=C\1. The third-order valence-electron chi connectivity index (χ3n) is 1.79. The van der Waals surface area contributed by atoms with Crippen molar-refractivity contribution >= 4 is 0 Å².